The number of sulfonamides is 1. The van der Waals surface area contributed by atoms with E-state index in [1.54, 1.807) is 18.2 Å². The molecule has 0 aliphatic heterocycles. The highest BCUT2D eigenvalue weighted by Crippen LogP contribution is 2.26. The Kier molecular flexibility index (Phi) is 5.74. The van der Waals surface area contributed by atoms with Crippen molar-refractivity contribution in [2.45, 2.75) is 4.90 Å². The van der Waals surface area contributed by atoms with E-state index in [1.807, 2.05) is 11.0 Å². The monoisotopic (exact) mass is 286 g/mol. The highest BCUT2D eigenvalue weighted by atomic mass is 32.2. The zero-order chi connectivity index (χ0) is 14.5. The third-order valence-corrected chi connectivity index (χ3v) is 4.63. The second-order valence-corrected chi connectivity index (χ2v) is 6.44. The summed E-state index contributed by atoms with van der Waals surface area (Å²) < 4.78 is 25.8. The number of hydrogen-bond acceptors (Lipinski definition) is 5. The summed E-state index contributed by atoms with van der Waals surface area (Å²) >= 11 is 0. The molecular formula is C12H22N4O2S. The van der Waals surface area contributed by atoms with Gasteiger partial charge in [-0.15, -0.1) is 0 Å². The van der Waals surface area contributed by atoms with Crippen molar-refractivity contribution in [2.75, 3.05) is 45.2 Å². The van der Waals surface area contributed by atoms with Crippen molar-refractivity contribution in [1.82, 2.24) is 4.31 Å². The van der Waals surface area contributed by atoms with Crippen molar-refractivity contribution in [3.05, 3.63) is 24.3 Å². The minimum atomic E-state index is -3.48. The maximum Gasteiger partial charge on any atom is 0.244 e. The van der Waals surface area contributed by atoms with Crippen molar-refractivity contribution in [3.8, 4) is 0 Å². The van der Waals surface area contributed by atoms with E-state index >= 15 is 0 Å². The Morgan fingerprint density at radius 3 is 2.05 bits per heavy atom. The molecule has 108 valence electrons. The van der Waals surface area contributed by atoms with Gasteiger partial charge in [0.05, 0.1) is 5.69 Å². The summed E-state index contributed by atoms with van der Waals surface area (Å²) in [5.41, 5.74) is 11.8. The lowest BCUT2D eigenvalue weighted by Crippen LogP contribution is -2.35. The second kappa shape index (κ2) is 6.85. The fourth-order valence-corrected chi connectivity index (χ4v) is 2.90. The van der Waals surface area contributed by atoms with Crippen LogP contribution in [0, 0.1) is 0 Å². The number of benzene rings is 1. The molecule has 0 atom stereocenters. The van der Waals surface area contributed by atoms with Crippen LogP contribution in [0.1, 0.15) is 0 Å². The Balaban J connectivity index is 3.28. The quantitative estimate of drug-likeness (QED) is 0.715. The molecule has 1 aromatic rings. The molecule has 0 aliphatic rings. The summed E-state index contributed by atoms with van der Waals surface area (Å²) in [5, 5.41) is 0. The molecule has 0 aliphatic carbocycles. The van der Waals surface area contributed by atoms with Gasteiger partial charge in [-0.1, -0.05) is 12.1 Å². The van der Waals surface area contributed by atoms with E-state index in [-0.39, 0.29) is 4.90 Å². The third kappa shape index (κ3) is 3.66. The van der Waals surface area contributed by atoms with Gasteiger partial charge in [-0.05, 0) is 12.1 Å². The minimum absolute atomic E-state index is 0.280. The number of nitrogens with zero attached hydrogens (tertiary/aromatic N) is 2. The minimum Gasteiger partial charge on any atom is -0.368 e. The molecule has 0 radical (unpaired) electrons. The zero-order valence-corrected chi connectivity index (χ0v) is 12.2. The van der Waals surface area contributed by atoms with Crippen LogP contribution in [-0.4, -0.2) is 53.0 Å². The average Bonchev–Trinajstić information content (AvgIpc) is 2.38. The molecular weight excluding hydrogens is 264 g/mol. The first kappa shape index (κ1) is 15.9. The second-order valence-electron chi connectivity index (χ2n) is 4.32. The number of rotatable bonds is 7. The summed E-state index contributed by atoms with van der Waals surface area (Å²) in [6, 6.07) is 6.90. The average molecular weight is 286 g/mol. The van der Waals surface area contributed by atoms with Crippen LogP contribution >= 0.6 is 0 Å². The van der Waals surface area contributed by atoms with E-state index in [0.29, 0.717) is 31.9 Å². The van der Waals surface area contributed by atoms with Crippen LogP contribution in [0.15, 0.2) is 29.2 Å². The molecule has 0 aromatic heterocycles. The zero-order valence-electron chi connectivity index (χ0n) is 11.4. The fraction of sp³-hybridized carbons (Fsp3) is 0.500. The molecule has 0 amide bonds. The number of hydrogen-bond donors (Lipinski definition) is 2. The van der Waals surface area contributed by atoms with E-state index < -0.39 is 10.0 Å². The van der Waals surface area contributed by atoms with Crippen molar-refractivity contribution in [3.63, 3.8) is 0 Å². The normalized spacial score (nSPS) is 11.8. The van der Waals surface area contributed by atoms with Gasteiger partial charge in [-0.2, -0.15) is 0 Å². The maximum atomic E-state index is 12.3. The molecule has 0 saturated heterocycles. The Morgan fingerprint density at radius 2 is 1.58 bits per heavy atom. The molecule has 0 saturated carbocycles. The van der Waals surface area contributed by atoms with Gasteiger partial charge >= 0.3 is 0 Å². The third-order valence-electron chi connectivity index (χ3n) is 2.76. The van der Waals surface area contributed by atoms with Gasteiger partial charge < -0.3 is 16.4 Å². The van der Waals surface area contributed by atoms with E-state index in [4.69, 9.17) is 11.5 Å². The number of para-hydroxylation sites is 1. The number of nitrogens with two attached hydrogens (primary N) is 2. The first-order valence-electron chi connectivity index (χ1n) is 6.11. The van der Waals surface area contributed by atoms with Gasteiger partial charge in [0.1, 0.15) is 4.90 Å². The van der Waals surface area contributed by atoms with Crippen LogP contribution in [-0.2, 0) is 10.0 Å². The molecule has 19 heavy (non-hydrogen) atoms. The molecule has 7 heteroatoms. The van der Waals surface area contributed by atoms with Crippen LogP contribution in [0.4, 0.5) is 5.69 Å². The topological polar surface area (TPSA) is 92.7 Å². The van der Waals surface area contributed by atoms with E-state index in [9.17, 15) is 8.42 Å². The van der Waals surface area contributed by atoms with Gasteiger partial charge in [-0.3, -0.25) is 0 Å². The smallest absolute Gasteiger partial charge is 0.244 e. The summed E-state index contributed by atoms with van der Waals surface area (Å²) in [6.45, 7) is 2.01. The van der Waals surface area contributed by atoms with Crippen LogP contribution in [0.5, 0.6) is 0 Å². The van der Waals surface area contributed by atoms with Gasteiger partial charge in [0.15, 0.2) is 0 Å². The van der Waals surface area contributed by atoms with Crippen LogP contribution in [0.25, 0.3) is 0 Å². The maximum absolute atomic E-state index is 12.3. The van der Waals surface area contributed by atoms with Crippen molar-refractivity contribution in [1.29, 1.82) is 0 Å². The van der Waals surface area contributed by atoms with E-state index in [1.165, 1.54) is 18.4 Å². The number of anilines is 1. The summed E-state index contributed by atoms with van der Waals surface area (Å²) in [6.07, 6.45) is 0. The van der Waals surface area contributed by atoms with Crippen LogP contribution in [0.2, 0.25) is 0 Å². The Bertz CT molecular complexity index is 496. The highest BCUT2D eigenvalue weighted by Gasteiger charge is 2.23. The van der Waals surface area contributed by atoms with Crippen molar-refractivity contribution < 1.29 is 8.42 Å². The van der Waals surface area contributed by atoms with Crippen molar-refractivity contribution in [2.24, 2.45) is 11.5 Å². The van der Waals surface area contributed by atoms with Gasteiger partial charge in [-0.25, -0.2) is 12.7 Å². The molecule has 0 spiro atoms. The molecule has 0 fully saturated rings. The SMILES string of the molecule is CN(C)S(=O)(=O)c1ccccc1N(CCN)CCN. The largest absolute Gasteiger partial charge is 0.368 e. The van der Waals surface area contributed by atoms with Crippen LogP contribution < -0.4 is 16.4 Å². The van der Waals surface area contributed by atoms with Gasteiger partial charge in [0.2, 0.25) is 10.0 Å². The molecule has 1 rings (SSSR count). The standard InChI is InChI=1S/C12H22N4O2S/c1-15(2)19(17,18)12-6-4-3-5-11(12)16(9-7-13)10-8-14/h3-6H,7-10,13-14H2,1-2H3. The Labute approximate surface area is 115 Å². The Morgan fingerprint density at radius 1 is 1.05 bits per heavy atom. The predicted molar refractivity (Wildman–Crippen MR) is 77.6 cm³/mol. The highest BCUT2D eigenvalue weighted by molar-refractivity contribution is 7.89. The lowest BCUT2D eigenvalue weighted by atomic mass is 10.3. The first-order valence-corrected chi connectivity index (χ1v) is 7.55. The van der Waals surface area contributed by atoms with Gasteiger partial charge in [0.25, 0.3) is 0 Å². The van der Waals surface area contributed by atoms with E-state index in [2.05, 4.69) is 0 Å². The predicted octanol–water partition coefficient (Wildman–Crippen LogP) is -0.339. The molecule has 0 unspecified atom stereocenters. The molecule has 6 nitrogen and oxygen atoms in total. The van der Waals surface area contributed by atoms with Gasteiger partial charge in [0, 0.05) is 40.3 Å². The molecule has 4 N–H and O–H groups in total. The lowest BCUT2D eigenvalue weighted by molar-refractivity contribution is 0.520. The molecule has 0 bridgehead atoms. The summed E-state index contributed by atoms with van der Waals surface area (Å²) in [5.74, 6) is 0. The Hall–Kier alpha value is -1.15. The molecule has 0 heterocycles. The van der Waals surface area contributed by atoms with Crippen LogP contribution in [0.3, 0.4) is 0 Å². The first-order chi connectivity index (χ1) is 8.95. The summed E-state index contributed by atoms with van der Waals surface area (Å²) in [7, 11) is -0.447. The fourth-order valence-electron chi connectivity index (χ4n) is 1.80. The van der Waals surface area contributed by atoms with E-state index in [0.717, 1.165) is 0 Å². The lowest BCUT2D eigenvalue weighted by Gasteiger charge is -2.26. The molecule has 1 aromatic carbocycles. The van der Waals surface area contributed by atoms with Crippen molar-refractivity contribution >= 4 is 15.7 Å². The summed E-state index contributed by atoms with van der Waals surface area (Å²) in [4.78, 5) is 2.18.